The van der Waals surface area contributed by atoms with Crippen molar-refractivity contribution in [2.75, 3.05) is 47.4 Å². The first kappa shape index (κ1) is 15.8. The fraction of sp³-hybridized carbons (Fsp3) is 0.562. The Balaban J connectivity index is 2.01. The normalized spacial score (nSPS) is 20.8. The molecule has 0 bridgehead atoms. The number of likely N-dealkylation sites (N-methyl/N-ethyl adjacent to an activating group) is 1. The van der Waals surface area contributed by atoms with Crippen molar-refractivity contribution in [2.45, 2.75) is 6.54 Å². The average molecular weight is 291 g/mol. The Hall–Kier alpha value is -1.59. The van der Waals surface area contributed by atoms with Crippen molar-refractivity contribution >= 4 is 5.91 Å². The number of benzene rings is 1. The van der Waals surface area contributed by atoms with Crippen LogP contribution in [0.3, 0.4) is 0 Å². The zero-order valence-electron chi connectivity index (χ0n) is 13.1. The second-order valence-corrected chi connectivity index (χ2v) is 5.66. The molecule has 5 heteroatoms. The minimum Gasteiger partial charge on any atom is -0.497 e. The number of methoxy groups -OCH3 is 1. The molecule has 1 atom stereocenters. The lowest BCUT2D eigenvalue weighted by atomic mass is 10.1. The number of ether oxygens (including phenoxy) is 1. The Morgan fingerprint density at radius 3 is 2.62 bits per heavy atom. The molecule has 0 spiro atoms. The van der Waals surface area contributed by atoms with Gasteiger partial charge in [-0.2, -0.15) is 0 Å². The van der Waals surface area contributed by atoms with Crippen molar-refractivity contribution in [2.24, 2.45) is 5.92 Å². The van der Waals surface area contributed by atoms with Crippen LogP contribution in [0.1, 0.15) is 5.56 Å². The van der Waals surface area contributed by atoms with Crippen molar-refractivity contribution in [3.05, 3.63) is 29.8 Å². The van der Waals surface area contributed by atoms with E-state index in [0.29, 0.717) is 0 Å². The van der Waals surface area contributed by atoms with Crippen LogP contribution < -0.4 is 10.1 Å². The molecule has 1 saturated heterocycles. The fourth-order valence-corrected chi connectivity index (χ4v) is 2.74. The Labute approximate surface area is 126 Å². The number of rotatable bonds is 4. The summed E-state index contributed by atoms with van der Waals surface area (Å²) >= 11 is 0. The van der Waals surface area contributed by atoms with E-state index in [2.05, 4.69) is 34.3 Å². The molecule has 1 fully saturated rings. The summed E-state index contributed by atoms with van der Waals surface area (Å²) in [7, 11) is 5.46. The average Bonchev–Trinajstić information content (AvgIpc) is 2.69. The molecule has 1 aliphatic rings. The second kappa shape index (κ2) is 7.43. The molecular formula is C16H25N3O2. The van der Waals surface area contributed by atoms with E-state index in [1.54, 1.807) is 14.2 Å². The molecule has 0 aliphatic carbocycles. The molecule has 1 heterocycles. The largest absolute Gasteiger partial charge is 0.497 e. The number of amides is 1. The lowest BCUT2D eigenvalue weighted by Gasteiger charge is -2.23. The molecular weight excluding hydrogens is 266 g/mol. The van der Waals surface area contributed by atoms with E-state index in [-0.39, 0.29) is 11.8 Å². The number of nitrogens with zero attached hydrogens (tertiary/aromatic N) is 2. The summed E-state index contributed by atoms with van der Waals surface area (Å²) in [5, 5.41) is 2.77. The molecule has 0 saturated carbocycles. The van der Waals surface area contributed by atoms with Gasteiger partial charge in [-0.1, -0.05) is 12.1 Å². The molecule has 2 rings (SSSR count). The van der Waals surface area contributed by atoms with Gasteiger partial charge >= 0.3 is 0 Å². The Morgan fingerprint density at radius 2 is 2.00 bits per heavy atom. The van der Waals surface area contributed by atoms with Crippen LogP contribution in [-0.2, 0) is 11.3 Å². The SMILES string of the molecule is CNC(=O)C1CN(C)CCN(Cc2ccc(OC)cc2)C1. The molecule has 1 aromatic rings. The maximum atomic E-state index is 12.0. The van der Waals surface area contributed by atoms with Gasteiger partial charge in [-0.05, 0) is 24.7 Å². The molecule has 5 nitrogen and oxygen atoms in total. The van der Waals surface area contributed by atoms with Gasteiger partial charge in [0.2, 0.25) is 5.91 Å². The second-order valence-electron chi connectivity index (χ2n) is 5.66. The third kappa shape index (κ3) is 4.44. The van der Waals surface area contributed by atoms with E-state index >= 15 is 0 Å². The van der Waals surface area contributed by atoms with Gasteiger partial charge in [-0.3, -0.25) is 9.69 Å². The molecule has 1 aromatic carbocycles. The molecule has 21 heavy (non-hydrogen) atoms. The van der Waals surface area contributed by atoms with Gasteiger partial charge in [0.05, 0.1) is 13.0 Å². The third-order valence-electron chi connectivity index (χ3n) is 3.99. The van der Waals surface area contributed by atoms with E-state index in [1.807, 2.05) is 12.1 Å². The first-order valence-corrected chi connectivity index (χ1v) is 7.37. The number of hydrogen-bond acceptors (Lipinski definition) is 4. The maximum absolute atomic E-state index is 12.0. The zero-order valence-corrected chi connectivity index (χ0v) is 13.1. The molecule has 116 valence electrons. The monoisotopic (exact) mass is 291 g/mol. The number of carbonyl (C=O) groups excluding carboxylic acids is 1. The van der Waals surface area contributed by atoms with Gasteiger partial charge < -0.3 is 15.0 Å². The van der Waals surface area contributed by atoms with Crippen LogP contribution in [0.4, 0.5) is 0 Å². The smallest absolute Gasteiger partial charge is 0.225 e. The van der Waals surface area contributed by atoms with Crippen molar-refractivity contribution in [3.8, 4) is 5.75 Å². The topological polar surface area (TPSA) is 44.8 Å². The highest BCUT2D eigenvalue weighted by Gasteiger charge is 2.25. The van der Waals surface area contributed by atoms with Gasteiger partial charge in [0, 0.05) is 39.8 Å². The summed E-state index contributed by atoms with van der Waals surface area (Å²) in [5.74, 6) is 1.03. The predicted molar refractivity (Wildman–Crippen MR) is 83.3 cm³/mol. The summed E-state index contributed by atoms with van der Waals surface area (Å²) in [6.45, 7) is 4.46. The lowest BCUT2D eigenvalue weighted by Crippen LogP contribution is -2.39. The van der Waals surface area contributed by atoms with E-state index in [0.717, 1.165) is 38.5 Å². The highest BCUT2D eigenvalue weighted by molar-refractivity contribution is 5.78. The zero-order chi connectivity index (χ0) is 15.2. The summed E-state index contributed by atoms with van der Waals surface area (Å²) in [5.41, 5.74) is 1.25. The van der Waals surface area contributed by atoms with Gasteiger partial charge in [-0.15, -0.1) is 0 Å². The lowest BCUT2D eigenvalue weighted by molar-refractivity contribution is -0.125. The quantitative estimate of drug-likeness (QED) is 0.891. The van der Waals surface area contributed by atoms with Crippen molar-refractivity contribution < 1.29 is 9.53 Å². The summed E-state index contributed by atoms with van der Waals surface area (Å²) in [6.07, 6.45) is 0. The van der Waals surface area contributed by atoms with Crippen molar-refractivity contribution in [3.63, 3.8) is 0 Å². The van der Waals surface area contributed by atoms with Crippen LogP contribution in [0.2, 0.25) is 0 Å². The van der Waals surface area contributed by atoms with Crippen LogP contribution in [0.25, 0.3) is 0 Å². The number of nitrogens with one attached hydrogen (secondary N) is 1. The molecule has 1 N–H and O–H groups in total. The standard InChI is InChI=1S/C16H25N3O2/c1-17-16(20)14-11-18(2)8-9-19(12-14)10-13-4-6-15(21-3)7-5-13/h4-7,14H,8-12H2,1-3H3,(H,17,20). The van der Waals surface area contributed by atoms with Crippen LogP contribution >= 0.6 is 0 Å². The van der Waals surface area contributed by atoms with Crippen LogP contribution in [0.5, 0.6) is 5.75 Å². The summed E-state index contributed by atoms with van der Waals surface area (Å²) in [6, 6.07) is 8.13. The first-order chi connectivity index (χ1) is 10.1. The van der Waals surface area contributed by atoms with Gasteiger partial charge in [0.15, 0.2) is 0 Å². The summed E-state index contributed by atoms with van der Waals surface area (Å²) in [4.78, 5) is 16.5. The highest BCUT2D eigenvalue weighted by Crippen LogP contribution is 2.15. The van der Waals surface area contributed by atoms with E-state index in [1.165, 1.54) is 5.56 Å². The van der Waals surface area contributed by atoms with Crippen LogP contribution in [-0.4, -0.2) is 63.1 Å². The Kier molecular flexibility index (Phi) is 5.59. The van der Waals surface area contributed by atoms with E-state index in [4.69, 9.17) is 4.74 Å². The fourth-order valence-electron chi connectivity index (χ4n) is 2.74. The summed E-state index contributed by atoms with van der Waals surface area (Å²) < 4.78 is 5.18. The molecule has 0 radical (unpaired) electrons. The van der Waals surface area contributed by atoms with Crippen molar-refractivity contribution in [1.29, 1.82) is 0 Å². The third-order valence-corrected chi connectivity index (χ3v) is 3.99. The van der Waals surface area contributed by atoms with Crippen LogP contribution in [0, 0.1) is 5.92 Å². The Morgan fingerprint density at radius 1 is 1.29 bits per heavy atom. The Bertz CT molecular complexity index is 461. The van der Waals surface area contributed by atoms with Crippen molar-refractivity contribution in [1.82, 2.24) is 15.1 Å². The van der Waals surface area contributed by atoms with E-state index in [9.17, 15) is 4.79 Å². The van der Waals surface area contributed by atoms with Crippen LogP contribution in [0.15, 0.2) is 24.3 Å². The maximum Gasteiger partial charge on any atom is 0.225 e. The van der Waals surface area contributed by atoms with Gasteiger partial charge in [-0.25, -0.2) is 0 Å². The number of hydrogen-bond donors (Lipinski definition) is 1. The van der Waals surface area contributed by atoms with Gasteiger partial charge in [0.25, 0.3) is 0 Å². The molecule has 1 amide bonds. The molecule has 1 unspecified atom stereocenters. The molecule has 0 aromatic heterocycles. The highest BCUT2D eigenvalue weighted by atomic mass is 16.5. The minimum atomic E-state index is 0.0285. The first-order valence-electron chi connectivity index (χ1n) is 7.37. The van der Waals surface area contributed by atoms with Gasteiger partial charge in [0.1, 0.15) is 5.75 Å². The minimum absolute atomic E-state index is 0.0285. The predicted octanol–water partition coefficient (Wildman–Crippen LogP) is 0.805. The molecule has 1 aliphatic heterocycles. The number of carbonyl (C=O) groups is 1. The van der Waals surface area contributed by atoms with E-state index < -0.39 is 0 Å².